The lowest BCUT2D eigenvalue weighted by Crippen LogP contribution is -2.46. The fraction of sp³-hybridized carbons (Fsp3) is 0.333. The van der Waals surface area contributed by atoms with Crippen molar-refractivity contribution >= 4 is 21.7 Å². The molecule has 0 bridgehead atoms. The van der Waals surface area contributed by atoms with Crippen molar-refractivity contribution < 1.29 is 4.52 Å². The molecule has 8 heteroatoms. The highest BCUT2D eigenvalue weighted by atomic mass is 79.9. The van der Waals surface area contributed by atoms with Crippen molar-refractivity contribution in [1.29, 1.82) is 0 Å². The van der Waals surface area contributed by atoms with Gasteiger partial charge in [0.2, 0.25) is 11.7 Å². The first-order valence-electron chi connectivity index (χ1n) is 8.51. The number of aryl methyl sites for hydroxylation is 1. The Morgan fingerprint density at radius 1 is 1.12 bits per heavy atom. The fourth-order valence-corrected chi connectivity index (χ4v) is 3.46. The summed E-state index contributed by atoms with van der Waals surface area (Å²) in [6.07, 6.45) is 3.36. The summed E-state index contributed by atoms with van der Waals surface area (Å²) >= 11 is 3.52. The zero-order valence-electron chi connectivity index (χ0n) is 14.5. The highest BCUT2D eigenvalue weighted by Gasteiger charge is 2.21. The van der Waals surface area contributed by atoms with Crippen LogP contribution in [0.15, 0.2) is 45.8 Å². The second-order valence-electron chi connectivity index (χ2n) is 6.34. The van der Waals surface area contributed by atoms with Crippen LogP contribution in [-0.2, 0) is 6.54 Å². The Bertz CT molecular complexity index is 873. The molecule has 1 fully saturated rings. The number of nitrogens with zero attached hydrogens (tertiary/aromatic N) is 6. The van der Waals surface area contributed by atoms with E-state index in [9.17, 15) is 0 Å². The summed E-state index contributed by atoms with van der Waals surface area (Å²) in [5.74, 6) is 2.24. The van der Waals surface area contributed by atoms with Crippen molar-refractivity contribution in [3.05, 3.63) is 52.7 Å². The fourth-order valence-electron chi connectivity index (χ4n) is 2.99. The summed E-state index contributed by atoms with van der Waals surface area (Å²) in [5, 5.41) is 4.11. The predicted molar refractivity (Wildman–Crippen MR) is 102 cm³/mol. The van der Waals surface area contributed by atoms with Gasteiger partial charge in [0.15, 0.2) is 0 Å². The molecular weight excluding hydrogens is 396 g/mol. The molecule has 2 aromatic heterocycles. The van der Waals surface area contributed by atoms with Crippen LogP contribution in [0.1, 0.15) is 11.5 Å². The van der Waals surface area contributed by atoms with Gasteiger partial charge in [-0.3, -0.25) is 4.90 Å². The lowest BCUT2D eigenvalue weighted by Gasteiger charge is -2.34. The van der Waals surface area contributed by atoms with E-state index in [0.717, 1.165) is 42.0 Å². The van der Waals surface area contributed by atoms with Gasteiger partial charge < -0.3 is 9.42 Å². The van der Waals surface area contributed by atoms with Crippen LogP contribution >= 0.6 is 15.9 Å². The molecule has 1 aromatic carbocycles. The third-order valence-electron chi connectivity index (χ3n) is 4.46. The van der Waals surface area contributed by atoms with Gasteiger partial charge >= 0.3 is 0 Å². The first-order valence-corrected chi connectivity index (χ1v) is 9.31. The van der Waals surface area contributed by atoms with Crippen molar-refractivity contribution in [2.24, 2.45) is 0 Å². The monoisotopic (exact) mass is 414 g/mol. The van der Waals surface area contributed by atoms with Crippen molar-refractivity contribution in [3.63, 3.8) is 0 Å². The third-order valence-corrected chi connectivity index (χ3v) is 5.02. The van der Waals surface area contributed by atoms with E-state index >= 15 is 0 Å². The quantitative estimate of drug-likeness (QED) is 0.649. The molecule has 0 spiro atoms. The highest BCUT2D eigenvalue weighted by molar-refractivity contribution is 9.10. The number of aromatic nitrogens is 4. The molecule has 0 amide bonds. The first kappa shape index (κ1) is 17.1. The van der Waals surface area contributed by atoms with E-state index in [2.05, 4.69) is 64.9 Å². The van der Waals surface area contributed by atoms with Gasteiger partial charge in [0.1, 0.15) is 12.1 Å². The van der Waals surface area contributed by atoms with E-state index in [1.165, 1.54) is 5.56 Å². The van der Waals surface area contributed by atoms with Crippen LogP contribution in [-0.4, -0.2) is 51.2 Å². The Morgan fingerprint density at radius 3 is 2.62 bits per heavy atom. The zero-order valence-corrected chi connectivity index (χ0v) is 16.1. The van der Waals surface area contributed by atoms with Crippen molar-refractivity contribution in [3.8, 4) is 11.4 Å². The topological polar surface area (TPSA) is 71.2 Å². The van der Waals surface area contributed by atoms with Gasteiger partial charge in [-0.2, -0.15) is 4.98 Å². The Labute approximate surface area is 160 Å². The van der Waals surface area contributed by atoms with Crippen LogP contribution in [0.2, 0.25) is 0 Å². The third kappa shape index (κ3) is 3.76. The van der Waals surface area contributed by atoms with Crippen molar-refractivity contribution in [2.75, 3.05) is 31.1 Å². The summed E-state index contributed by atoms with van der Waals surface area (Å²) in [5.41, 5.74) is 2.19. The number of anilines is 1. The van der Waals surface area contributed by atoms with Crippen molar-refractivity contribution in [2.45, 2.75) is 13.5 Å². The van der Waals surface area contributed by atoms with Gasteiger partial charge in [-0.15, -0.1) is 0 Å². The summed E-state index contributed by atoms with van der Waals surface area (Å²) in [7, 11) is 0. The maximum atomic E-state index is 5.44. The normalized spacial score (nSPS) is 15.4. The lowest BCUT2D eigenvalue weighted by molar-refractivity contribution is 0.215. The van der Waals surface area contributed by atoms with Crippen LogP contribution in [0, 0.1) is 6.92 Å². The maximum absolute atomic E-state index is 5.44. The summed E-state index contributed by atoms with van der Waals surface area (Å²) in [6, 6.07) is 8.14. The van der Waals surface area contributed by atoms with E-state index in [1.54, 1.807) is 12.5 Å². The molecule has 134 valence electrons. The Morgan fingerprint density at radius 2 is 1.88 bits per heavy atom. The molecule has 0 atom stereocenters. The largest absolute Gasteiger partial charge is 0.353 e. The highest BCUT2D eigenvalue weighted by Crippen LogP contribution is 2.23. The smallest absolute Gasteiger partial charge is 0.241 e. The zero-order chi connectivity index (χ0) is 17.9. The number of halogens is 1. The van der Waals surface area contributed by atoms with E-state index in [1.807, 2.05) is 12.1 Å². The average Bonchev–Trinajstić information content (AvgIpc) is 3.12. The van der Waals surface area contributed by atoms with Crippen molar-refractivity contribution in [1.82, 2.24) is 25.0 Å². The molecule has 0 N–H and O–H groups in total. The molecule has 0 aliphatic carbocycles. The summed E-state index contributed by atoms with van der Waals surface area (Å²) < 4.78 is 6.36. The minimum absolute atomic E-state index is 0.642. The molecule has 7 nitrogen and oxygen atoms in total. The molecule has 0 unspecified atom stereocenters. The standard InChI is InChI=1S/C18H19BrN6O/c1-13-2-4-14(5-3-13)17-22-16(26-23-17)11-24-6-8-25(9-7-24)18-15(19)10-20-12-21-18/h2-5,10,12H,6-9,11H2,1H3. The van der Waals surface area contributed by atoms with Gasteiger partial charge in [-0.25, -0.2) is 9.97 Å². The Kier molecular flexibility index (Phi) is 4.94. The molecule has 3 aromatic rings. The average molecular weight is 415 g/mol. The van der Waals surface area contributed by atoms with Gasteiger partial charge in [0.25, 0.3) is 0 Å². The first-order chi connectivity index (χ1) is 12.7. The number of rotatable bonds is 4. The molecule has 26 heavy (non-hydrogen) atoms. The van der Waals surface area contributed by atoms with E-state index in [-0.39, 0.29) is 0 Å². The molecule has 3 heterocycles. The van der Waals surface area contributed by atoms with Crippen LogP contribution in [0.4, 0.5) is 5.82 Å². The van der Waals surface area contributed by atoms with Crippen LogP contribution < -0.4 is 4.90 Å². The Balaban J connectivity index is 1.36. The predicted octanol–water partition coefficient (Wildman–Crippen LogP) is 2.92. The van der Waals surface area contributed by atoms with Crippen LogP contribution in [0.3, 0.4) is 0 Å². The van der Waals surface area contributed by atoms with Crippen LogP contribution in [0.25, 0.3) is 11.4 Å². The van der Waals surface area contributed by atoms with Gasteiger partial charge in [-0.1, -0.05) is 35.0 Å². The molecule has 0 saturated carbocycles. The molecule has 1 aliphatic rings. The Hall–Kier alpha value is -2.32. The second-order valence-corrected chi connectivity index (χ2v) is 7.19. The summed E-state index contributed by atoms with van der Waals surface area (Å²) in [6.45, 7) is 6.35. The van der Waals surface area contributed by atoms with Gasteiger partial charge in [-0.05, 0) is 22.9 Å². The number of benzene rings is 1. The minimum atomic E-state index is 0.642. The molecule has 4 rings (SSSR count). The van der Waals surface area contributed by atoms with E-state index < -0.39 is 0 Å². The number of piperazine rings is 1. The lowest BCUT2D eigenvalue weighted by atomic mass is 10.1. The van der Waals surface area contributed by atoms with E-state index in [4.69, 9.17) is 4.52 Å². The second kappa shape index (κ2) is 7.51. The molecule has 0 radical (unpaired) electrons. The maximum Gasteiger partial charge on any atom is 0.241 e. The molecule has 1 saturated heterocycles. The molecular formula is C18H19BrN6O. The SMILES string of the molecule is Cc1ccc(-c2noc(CN3CCN(c4ncncc4Br)CC3)n2)cc1. The van der Waals surface area contributed by atoms with E-state index in [0.29, 0.717) is 18.3 Å². The van der Waals surface area contributed by atoms with Crippen LogP contribution in [0.5, 0.6) is 0 Å². The van der Waals surface area contributed by atoms with Gasteiger partial charge in [0.05, 0.1) is 11.0 Å². The number of hydrogen-bond acceptors (Lipinski definition) is 7. The minimum Gasteiger partial charge on any atom is -0.353 e. The summed E-state index contributed by atoms with van der Waals surface area (Å²) in [4.78, 5) is 17.5. The number of hydrogen-bond donors (Lipinski definition) is 0. The van der Waals surface area contributed by atoms with Gasteiger partial charge in [0, 0.05) is 37.9 Å². The molecule has 1 aliphatic heterocycles.